The van der Waals surface area contributed by atoms with Gasteiger partial charge in [0, 0.05) is 18.5 Å². The average molecular weight is 278 g/mol. The van der Waals surface area contributed by atoms with E-state index < -0.39 is 0 Å². The van der Waals surface area contributed by atoms with Gasteiger partial charge in [0.25, 0.3) is 0 Å². The molecule has 0 amide bonds. The Labute approximate surface area is 116 Å². The molecule has 2 aromatic rings. The monoisotopic (exact) mass is 278 g/mol. The number of thiazole rings is 1. The van der Waals surface area contributed by atoms with Crippen molar-refractivity contribution in [2.24, 2.45) is 0 Å². The van der Waals surface area contributed by atoms with Crippen LogP contribution in [0.4, 0.5) is 0 Å². The number of imidazole rings is 1. The van der Waals surface area contributed by atoms with E-state index in [1.807, 2.05) is 18.5 Å². The van der Waals surface area contributed by atoms with Crippen molar-refractivity contribution < 1.29 is 4.74 Å². The van der Waals surface area contributed by atoms with E-state index in [4.69, 9.17) is 4.74 Å². The summed E-state index contributed by atoms with van der Waals surface area (Å²) in [6.07, 6.45) is 1.92. The van der Waals surface area contributed by atoms with Crippen LogP contribution in [0.2, 0.25) is 0 Å². The number of nitrogens with one attached hydrogen (secondary N) is 1. The molecule has 3 rings (SSSR count). The predicted octanol–water partition coefficient (Wildman–Crippen LogP) is 2.03. The lowest BCUT2D eigenvalue weighted by Gasteiger charge is -2.23. The Morgan fingerprint density at radius 3 is 3.21 bits per heavy atom. The van der Waals surface area contributed by atoms with E-state index in [9.17, 15) is 0 Å². The number of aromatic nitrogens is 3. The third-order valence-corrected chi connectivity index (χ3v) is 4.13. The summed E-state index contributed by atoms with van der Waals surface area (Å²) in [5, 5.41) is 6.54. The molecule has 1 atom stereocenters. The second kappa shape index (κ2) is 5.40. The topological polar surface area (TPSA) is 52.0 Å². The Morgan fingerprint density at radius 2 is 2.42 bits per heavy atom. The van der Waals surface area contributed by atoms with Crippen molar-refractivity contribution >= 4 is 11.3 Å². The number of aryl methyl sites for hydroxylation is 1. The van der Waals surface area contributed by atoms with Gasteiger partial charge in [-0.2, -0.15) is 0 Å². The fraction of sp³-hybridized carbons (Fsp3) is 0.538. The van der Waals surface area contributed by atoms with E-state index in [2.05, 4.69) is 26.8 Å². The first-order chi connectivity index (χ1) is 9.24. The summed E-state index contributed by atoms with van der Waals surface area (Å²) >= 11 is 1.66. The van der Waals surface area contributed by atoms with Crippen molar-refractivity contribution in [1.82, 2.24) is 19.9 Å². The van der Waals surface area contributed by atoms with Gasteiger partial charge in [-0.3, -0.25) is 0 Å². The Balaban J connectivity index is 1.61. The molecule has 0 fully saturated rings. The Bertz CT molecular complexity index is 563. The van der Waals surface area contributed by atoms with Crippen molar-refractivity contribution in [3.8, 4) is 0 Å². The summed E-state index contributed by atoms with van der Waals surface area (Å²) in [6.45, 7) is 7.27. The maximum absolute atomic E-state index is 5.74. The minimum absolute atomic E-state index is 0.323. The predicted molar refractivity (Wildman–Crippen MR) is 74.0 cm³/mol. The van der Waals surface area contributed by atoms with Crippen molar-refractivity contribution in [2.75, 3.05) is 6.54 Å². The van der Waals surface area contributed by atoms with Gasteiger partial charge in [-0.25, -0.2) is 9.97 Å². The summed E-state index contributed by atoms with van der Waals surface area (Å²) in [5.74, 6) is 1.11. The number of ether oxygens (including phenoxy) is 1. The zero-order valence-corrected chi connectivity index (χ0v) is 12.0. The van der Waals surface area contributed by atoms with Gasteiger partial charge in [-0.1, -0.05) is 0 Å². The number of hydrogen-bond acceptors (Lipinski definition) is 5. The molecule has 6 heteroatoms. The largest absolute Gasteiger partial charge is 0.369 e. The summed E-state index contributed by atoms with van der Waals surface area (Å²) in [6, 6.07) is 0.323. The SMILES string of the molecule is Cc1nc(COCc2cnc3n2CCN[C@H]3C)cs1. The van der Waals surface area contributed by atoms with Crippen LogP contribution in [0.15, 0.2) is 11.6 Å². The standard InChI is InChI=1S/C13H18N4OS/c1-9-13-15-5-12(17(13)4-3-14-9)7-18-6-11-8-19-10(2)16-11/h5,8-9,14H,3-4,6-7H2,1-2H3/t9-/m0/s1. The van der Waals surface area contributed by atoms with Crippen LogP contribution in [0.1, 0.15) is 35.2 Å². The van der Waals surface area contributed by atoms with Crippen molar-refractivity contribution in [1.29, 1.82) is 0 Å². The fourth-order valence-electron chi connectivity index (χ4n) is 2.36. The van der Waals surface area contributed by atoms with Gasteiger partial charge < -0.3 is 14.6 Å². The van der Waals surface area contributed by atoms with E-state index in [1.54, 1.807) is 11.3 Å². The Kier molecular flexibility index (Phi) is 3.63. The molecule has 0 unspecified atom stereocenters. The number of fused-ring (bicyclic) bond motifs is 1. The first-order valence-corrected chi connectivity index (χ1v) is 7.38. The smallest absolute Gasteiger partial charge is 0.125 e. The van der Waals surface area contributed by atoms with E-state index in [1.165, 1.54) is 0 Å². The zero-order chi connectivity index (χ0) is 13.2. The average Bonchev–Trinajstić information content (AvgIpc) is 2.98. The van der Waals surface area contributed by atoms with Gasteiger partial charge in [0.05, 0.1) is 41.8 Å². The highest BCUT2D eigenvalue weighted by Gasteiger charge is 2.19. The van der Waals surface area contributed by atoms with Crippen LogP contribution in [0.3, 0.4) is 0 Å². The van der Waals surface area contributed by atoms with Crippen molar-refractivity contribution in [3.05, 3.63) is 33.8 Å². The van der Waals surface area contributed by atoms with Gasteiger partial charge in [0.1, 0.15) is 5.82 Å². The van der Waals surface area contributed by atoms with Crippen molar-refractivity contribution in [2.45, 2.75) is 39.6 Å². The van der Waals surface area contributed by atoms with Crippen LogP contribution in [0, 0.1) is 6.92 Å². The van der Waals surface area contributed by atoms with Crippen LogP contribution in [-0.4, -0.2) is 21.1 Å². The lowest BCUT2D eigenvalue weighted by Crippen LogP contribution is -2.32. The highest BCUT2D eigenvalue weighted by molar-refractivity contribution is 7.09. The quantitative estimate of drug-likeness (QED) is 0.929. The molecule has 1 aliphatic heterocycles. The molecule has 102 valence electrons. The highest BCUT2D eigenvalue weighted by atomic mass is 32.1. The highest BCUT2D eigenvalue weighted by Crippen LogP contribution is 2.18. The summed E-state index contributed by atoms with van der Waals surface area (Å²) in [5.41, 5.74) is 2.16. The van der Waals surface area contributed by atoms with Crippen molar-refractivity contribution in [3.63, 3.8) is 0 Å². The second-order valence-electron chi connectivity index (χ2n) is 4.79. The van der Waals surface area contributed by atoms with E-state index >= 15 is 0 Å². The molecule has 2 aromatic heterocycles. The molecule has 0 aliphatic carbocycles. The summed E-state index contributed by atoms with van der Waals surface area (Å²) in [7, 11) is 0. The zero-order valence-electron chi connectivity index (χ0n) is 11.2. The number of nitrogens with zero attached hydrogens (tertiary/aromatic N) is 3. The molecule has 1 aliphatic rings. The lowest BCUT2D eigenvalue weighted by atomic mass is 10.2. The molecule has 0 radical (unpaired) electrons. The molecular weight excluding hydrogens is 260 g/mol. The van der Waals surface area contributed by atoms with Crippen LogP contribution in [0.5, 0.6) is 0 Å². The van der Waals surface area contributed by atoms with E-state index in [0.29, 0.717) is 19.3 Å². The summed E-state index contributed by atoms with van der Waals surface area (Å²) in [4.78, 5) is 8.86. The molecule has 0 saturated carbocycles. The van der Waals surface area contributed by atoms with Gasteiger partial charge in [0.2, 0.25) is 0 Å². The number of rotatable bonds is 4. The normalized spacial score (nSPS) is 18.5. The van der Waals surface area contributed by atoms with Gasteiger partial charge >= 0.3 is 0 Å². The second-order valence-corrected chi connectivity index (χ2v) is 5.85. The maximum atomic E-state index is 5.74. The van der Waals surface area contributed by atoms with Gasteiger partial charge in [-0.15, -0.1) is 11.3 Å². The third kappa shape index (κ3) is 2.70. The lowest BCUT2D eigenvalue weighted by molar-refractivity contribution is 0.0992. The molecular formula is C13H18N4OS. The molecule has 19 heavy (non-hydrogen) atoms. The van der Waals surface area contributed by atoms with Crippen LogP contribution in [0.25, 0.3) is 0 Å². The first-order valence-electron chi connectivity index (χ1n) is 6.50. The molecule has 0 aromatic carbocycles. The molecule has 0 bridgehead atoms. The van der Waals surface area contributed by atoms with Crippen LogP contribution in [-0.2, 0) is 24.5 Å². The molecule has 5 nitrogen and oxygen atoms in total. The first kappa shape index (κ1) is 12.8. The van der Waals surface area contributed by atoms with E-state index in [-0.39, 0.29) is 0 Å². The van der Waals surface area contributed by atoms with Crippen LogP contribution < -0.4 is 5.32 Å². The molecule has 0 saturated heterocycles. The Hall–Kier alpha value is -1.24. The molecule has 3 heterocycles. The van der Waals surface area contributed by atoms with E-state index in [0.717, 1.165) is 35.3 Å². The maximum Gasteiger partial charge on any atom is 0.125 e. The van der Waals surface area contributed by atoms with Gasteiger partial charge in [-0.05, 0) is 13.8 Å². The fourth-order valence-corrected chi connectivity index (χ4v) is 2.96. The Morgan fingerprint density at radius 1 is 1.53 bits per heavy atom. The minimum atomic E-state index is 0.323. The molecule has 1 N–H and O–H groups in total. The van der Waals surface area contributed by atoms with Gasteiger partial charge in [0.15, 0.2) is 0 Å². The minimum Gasteiger partial charge on any atom is -0.369 e. The third-order valence-electron chi connectivity index (χ3n) is 3.31. The summed E-state index contributed by atoms with van der Waals surface area (Å²) < 4.78 is 8.00. The molecule has 0 spiro atoms. The number of hydrogen-bond donors (Lipinski definition) is 1. The van der Waals surface area contributed by atoms with Crippen LogP contribution >= 0.6 is 11.3 Å².